The molecular weight excluding hydrogens is 162 g/mol. The molecule has 3 nitrogen and oxygen atoms in total. The van der Waals surface area contributed by atoms with Crippen molar-refractivity contribution >= 4 is 11.4 Å². The molecular formula is C10H13N3. The van der Waals surface area contributed by atoms with Crippen molar-refractivity contribution in [2.24, 2.45) is 10.8 Å². The zero-order chi connectivity index (χ0) is 9.26. The summed E-state index contributed by atoms with van der Waals surface area (Å²) >= 11 is 0. The lowest BCUT2D eigenvalue weighted by Crippen LogP contribution is -2.34. The topological polar surface area (TPSA) is 41.6 Å². The standard InChI is InChI=1S/C10H13N3/c1-8-7-10(11)13(12-8)9-5-3-2-4-6-9/h2-6,10H,7,11H2,1H3. The zero-order valence-corrected chi connectivity index (χ0v) is 7.64. The first-order valence-electron chi connectivity index (χ1n) is 4.41. The van der Waals surface area contributed by atoms with Crippen molar-refractivity contribution < 1.29 is 0 Å². The second kappa shape index (κ2) is 3.18. The number of nitrogens with two attached hydrogens (primary N) is 1. The summed E-state index contributed by atoms with van der Waals surface area (Å²) in [6.07, 6.45) is 0.858. The average Bonchev–Trinajstić information content (AvgIpc) is 2.47. The summed E-state index contributed by atoms with van der Waals surface area (Å²) in [5, 5.41) is 6.24. The molecule has 1 heterocycles. The van der Waals surface area contributed by atoms with Crippen molar-refractivity contribution in [2.75, 3.05) is 5.01 Å². The summed E-state index contributed by atoms with van der Waals surface area (Å²) in [5.41, 5.74) is 8.07. The quantitative estimate of drug-likeness (QED) is 0.703. The van der Waals surface area contributed by atoms with Crippen LogP contribution in [0.5, 0.6) is 0 Å². The van der Waals surface area contributed by atoms with Gasteiger partial charge in [-0.1, -0.05) is 18.2 Å². The number of para-hydroxylation sites is 1. The van der Waals surface area contributed by atoms with E-state index >= 15 is 0 Å². The predicted molar refractivity (Wildman–Crippen MR) is 54.6 cm³/mol. The van der Waals surface area contributed by atoms with Crippen LogP contribution in [0, 0.1) is 0 Å². The van der Waals surface area contributed by atoms with Crippen molar-refractivity contribution in [3.8, 4) is 0 Å². The van der Waals surface area contributed by atoms with E-state index in [1.807, 2.05) is 42.3 Å². The third-order valence-electron chi connectivity index (χ3n) is 2.12. The van der Waals surface area contributed by atoms with E-state index in [9.17, 15) is 0 Å². The molecule has 0 fully saturated rings. The van der Waals surface area contributed by atoms with Gasteiger partial charge in [-0.2, -0.15) is 5.10 Å². The van der Waals surface area contributed by atoms with E-state index < -0.39 is 0 Å². The minimum Gasteiger partial charge on any atom is -0.309 e. The fourth-order valence-corrected chi connectivity index (χ4v) is 1.52. The number of anilines is 1. The van der Waals surface area contributed by atoms with Crippen LogP contribution >= 0.6 is 0 Å². The van der Waals surface area contributed by atoms with Crippen LogP contribution in [0.25, 0.3) is 0 Å². The first-order valence-corrected chi connectivity index (χ1v) is 4.41. The van der Waals surface area contributed by atoms with E-state index in [1.165, 1.54) is 0 Å². The summed E-state index contributed by atoms with van der Waals surface area (Å²) in [6.45, 7) is 2.00. The highest BCUT2D eigenvalue weighted by Crippen LogP contribution is 2.20. The van der Waals surface area contributed by atoms with Gasteiger partial charge in [0.15, 0.2) is 0 Å². The van der Waals surface area contributed by atoms with E-state index in [4.69, 9.17) is 5.73 Å². The van der Waals surface area contributed by atoms with Gasteiger partial charge in [0, 0.05) is 12.1 Å². The Bertz CT molecular complexity index is 318. The summed E-state index contributed by atoms with van der Waals surface area (Å²) in [7, 11) is 0. The number of hydrogen-bond acceptors (Lipinski definition) is 3. The van der Waals surface area contributed by atoms with Gasteiger partial charge >= 0.3 is 0 Å². The van der Waals surface area contributed by atoms with E-state index in [-0.39, 0.29) is 6.17 Å². The molecule has 1 aliphatic heterocycles. The van der Waals surface area contributed by atoms with Gasteiger partial charge in [-0.15, -0.1) is 0 Å². The molecule has 1 atom stereocenters. The van der Waals surface area contributed by atoms with Crippen LogP contribution in [0.15, 0.2) is 35.4 Å². The smallest absolute Gasteiger partial charge is 0.105 e. The number of hydrazone groups is 1. The molecule has 0 aliphatic carbocycles. The van der Waals surface area contributed by atoms with Crippen LogP contribution in [0.2, 0.25) is 0 Å². The number of hydrogen-bond donors (Lipinski definition) is 1. The first-order chi connectivity index (χ1) is 6.27. The van der Waals surface area contributed by atoms with E-state index in [2.05, 4.69) is 5.10 Å². The minimum absolute atomic E-state index is 0.00222. The Morgan fingerprint density at radius 1 is 1.38 bits per heavy atom. The number of rotatable bonds is 1. The van der Waals surface area contributed by atoms with Gasteiger partial charge < -0.3 is 5.73 Å². The normalized spacial score (nSPS) is 21.8. The minimum atomic E-state index is 0.00222. The second-order valence-electron chi connectivity index (χ2n) is 3.29. The van der Waals surface area contributed by atoms with Crippen molar-refractivity contribution in [1.82, 2.24) is 0 Å². The molecule has 1 unspecified atom stereocenters. The highest BCUT2D eigenvalue weighted by Gasteiger charge is 2.21. The molecule has 0 saturated heterocycles. The molecule has 68 valence electrons. The Morgan fingerprint density at radius 3 is 2.62 bits per heavy atom. The summed E-state index contributed by atoms with van der Waals surface area (Å²) in [6, 6.07) is 10.0. The monoisotopic (exact) mass is 175 g/mol. The molecule has 1 aliphatic rings. The molecule has 0 radical (unpaired) electrons. The maximum Gasteiger partial charge on any atom is 0.105 e. The molecule has 0 bridgehead atoms. The van der Waals surface area contributed by atoms with Crippen molar-refractivity contribution in [2.45, 2.75) is 19.5 Å². The third kappa shape index (κ3) is 1.55. The maximum atomic E-state index is 5.91. The Morgan fingerprint density at radius 2 is 2.08 bits per heavy atom. The van der Waals surface area contributed by atoms with Crippen molar-refractivity contribution in [1.29, 1.82) is 0 Å². The fraction of sp³-hybridized carbons (Fsp3) is 0.300. The predicted octanol–water partition coefficient (Wildman–Crippen LogP) is 1.56. The summed E-state index contributed by atoms with van der Waals surface area (Å²) in [4.78, 5) is 0. The molecule has 0 spiro atoms. The molecule has 1 aromatic rings. The van der Waals surface area contributed by atoms with Gasteiger partial charge in [0.2, 0.25) is 0 Å². The Hall–Kier alpha value is -1.35. The molecule has 0 aromatic heterocycles. The molecule has 13 heavy (non-hydrogen) atoms. The van der Waals surface area contributed by atoms with Gasteiger partial charge in [0.25, 0.3) is 0 Å². The van der Waals surface area contributed by atoms with Gasteiger partial charge in [-0.05, 0) is 19.1 Å². The Labute approximate surface area is 77.9 Å². The molecule has 3 heteroatoms. The van der Waals surface area contributed by atoms with E-state index in [1.54, 1.807) is 0 Å². The van der Waals surface area contributed by atoms with Crippen LogP contribution in [0.1, 0.15) is 13.3 Å². The summed E-state index contributed by atoms with van der Waals surface area (Å²) < 4.78 is 0. The molecule has 0 saturated carbocycles. The molecule has 0 amide bonds. The van der Waals surface area contributed by atoms with Crippen molar-refractivity contribution in [3.63, 3.8) is 0 Å². The molecule has 1 aromatic carbocycles. The van der Waals surface area contributed by atoms with Gasteiger partial charge in [-0.25, -0.2) is 5.01 Å². The molecule has 2 N–H and O–H groups in total. The van der Waals surface area contributed by atoms with Crippen LogP contribution in [0.4, 0.5) is 5.69 Å². The van der Waals surface area contributed by atoms with Crippen LogP contribution in [-0.2, 0) is 0 Å². The van der Waals surface area contributed by atoms with E-state index in [0.717, 1.165) is 17.8 Å². The van der Waals surface area contributed by atoms with Gasteiger partial charge in [0.05, 0.1) is 5.69 Å². The number of benzene rings is 1. The lowest BCUT2D eigenvalue weighted by molar-refractivity contribution is 0.692. The largest absolute Gasteiger partial charge is 0.309 e. The third-order valence-corrected chi connectivity index (χ3v) is 2.12. The Balaban J connectivity index is 2.27. The van der Waals surface area contributed by atoms with Crippen LogP contribution < -0.4 is 10.7 Å². The van der Waals surface area contributed by atoms with Crippen molar-refractivity contribution in [3.05, 3.63) is 30.3 Å². The van der Waals surface area contributed by atoms with Gasteiger partial charge in [-0.3, -0.25) is 0 Å². The Kier molecular flexibility index (Phi) is 2.02. The highest BCUT2D eigenvalue weighted by molar-refractivity contribution is 5.86. The second-order valence-corrected chi connectivity index (χ2v) is 3.29. The lowest BCUT2D eigenvalue weighted by Gasteiger charge is -2.19. The van der Waals surface area contributed by atoms with Gasteiger partial charge in [0.1, 0.15) is 6.17 Å². The highest BCUT2D eigenvalue weighted by atomic mass is 15.5. The first kappa shape index (κ1) is 8.26. The number of nitrogens with zero attached hydrogens (tertiary/aromatic N) is 2. The summed E-state index contributed by atoms with van der Waals surface area (Å²) in [5.74, 6) is 0. The maximum absolute atomic E-state index is 5.91. The molecule has 2 rings (SSSR count). The average molecular weight is 175 g/mol. The lowest BCUT2D eigenvalue weighted by atomic mass is 10.2. The van der Waals surface area contributed by atoms with Crippen LogP contribution in [-0.4, -0.2) is 11.9 Å². The van der Waals surface area contributed by atoms with E-state index in [0.29, 0.717) is 0 Å². The zero-order valence-electron chi connectivity index (χ0n) is 7.64. The van der Waals surface area contributed by atoms with Crippen LogP contribution in [0.3, 0.4) is 0 Å². The fourth-order valence-electron chi connectivity index (χ4n) is 1.52. The SMILES string of the molecule is CC1=NN(c2ccccc2)C(N)C1.